The van der Waals surface area contributed by atoms with Crippen molar-refractivity contribution in [3.63, 3.8) is 0 Å². The molecule has 0 aliphatic carbocycles. The highest BCUT2D eigenvalue weighted by molar-refractivity contribution is 5.98. The van der Waals surface area contributed by atoms with Gasteiger partial charge in [-0.15, -0.1) is 10.2 Å². The lowest BCUT2D eigenvalue weighted by Gasteiger charge is -2.19. The average Bonchev–Trinajstić information content (AvgIpc) is 3.08. The van der Waals surface area contributed by atoms with Gasteiger partial charge in [0.25, 0.3) is 5.91 Å². The molecule has 24 heavy (non-hydrogen) atoms. The zero-order chi connectivity index (χ0) is 17.1. The number of halogens is 1. The van der Waals surface area contributed by atoms with Crippen LogP contribution in [0.3, 0.4) is 0 Å². The summed E-state index contributed by atoms with van der Waals surface area (Å²) < 4.78 is 14.3. The van der Waals surface area contributed by atoms with Crippen LogP contribution in [0.2, 0.25) is 0 Å². The van der Waals surface area contributed by atoms with E-state index < -0.39 is 17.8 Å². The van der Waals surface area contributed by atoms with E-state index in [4.69, 9.17) is 0 Å². The summed E-state index contributed by atoms with van der Waals surface area (Å²) in [6.07, 6.45) is 2.19. The summed E-state index contributed by atoms with van der Waals surface area (Å²) in [4.78, 5) is 23.8. The van der Waals surface area contributed by atoms with Gasteiger partial charge in [-0.3, -0.25) is 9.59 Å². The lowest BCUT2D eigenvalue weighted by atomic mass is 9.99. The Labute approximate surface area is 137 Å². The molecule has 9 heteroatoms. The number of tetrazole rings is 1. The molecule has 0 unspecified atom stereocenters. The van der Waals surface area contributed by atoms with E-state index in [1.165, 1.54) is 12.1 Å². The fourth-order valence-electron chi connectivity index (χ4n) is 2.68. The number of hydrogen-bond acceptors (Lipinski definition) is 5. The number of amides is 2. The fraction of sp³-hybridized carbons (Fsp3) is 0.400. The van der Waals surface area contributed by atoms with Crippen LogP contribution in [0.15, 0.2) is 12.1 Å². The highest BCUT2D eigenvalue weighted by Gasteiger charge is 2.23. The quantitative estimate of drug-likeness (QED) is 0.768. The van der Waals surface area contributed by atoms with Gasteiger partial charge >= 0.3 is 0 Å². The second kappa shape index (κ2) is 6.73. The standard InChI is InChI=1S/C15H17FN6O2/c1-2-3-11(14-19-21-22-20-14)18-15(24)9-6-8-4-5-13(23)17-12(8)7-10(9)16/h6-7,11H,2-5H2,1H3,(H,17,23)(H,18,24)(H,19,20,21,22)/t11-/m0/s1. The minimum atomic E-state index is -0.684. The second-order valence-electron chi connectivity index (χ2n) is 5.62. The molecular weight excluding hydrogens is 315 g/mol. The van der Waals surface area contributed by atoms with Crippen LogP contribution in [-0.4, -0.2) is 32.4 Å². The van der Waals surface area contributed by atoms with Crippen molar-refractivity contribution in [1.82, 2.24) is 25.9 Å². The first-order valence-electron chi connectivity index (χ1n) is 7.75. The first kappa shape index (κ1) is 16.0. The summed E-state index contributed by atoms with van der Waals surface area (Å²) >= 11 is 0. The number of H-pyrrole nitrogens is 1. The molecule has 1 atom stereocenters. The number of aromatic amines is 1. The Morgan fingerprint density at radius 3 is 2.96 bits per heavy atom. The van der Waals surface area contributed by atoms with Gasteiger partial charge in [0, 0.05) is 12.1 Å². The maximum Gasteiger partial charge on any atom is 0.254 e. The number of nitrogens with zero attached hydrogens (tertiary/aromatic N) is 3. The first-order chi connectivity index (χ1) is 11.6. The van der Waals surface area contributed by atoms with Crippen LogP contribution in [0.5, 0.6) is 0 Å². The largest absolute Gasteiger partial charge is 0.342 e. The number of carbonyl (C=O) groups excluding carboxylic acids is 2. The Bertz CT molecular complexity index is 762. The first-order valence-corrected chi connectivity index (χ1v) is 7.75. The topological polar surface area (TPSA) is 113 Å². The maximum absolute atomic E-state index is 14.3. The molecule has 1 aliphatic rings. The van der Waals surface area contributed by atoms with Gasteiger partial charge < -0.3 is 10.6 Å². The second-order valence-corrected chi connectivity index (χ2v) is 5.62. The summed E-state index contributed by atoms with van der Waals surface area (Å²) in [6, 6.07) is 2.22. The molecule has 0 saturated heterocycles. The fourth-order valence-corrected chi connectivity index (χ4v) is 2.68. The van der Waals surface area contributed by atoms with Crippen molar-refractivity contribution in [3.05, 3.63) is 34.9 Å². The van der Waals surface area contributed by atoms with Crippen LogP contribution in [0.1, 0.15) is 54.0 Å². The molecule has 0 radical (unpaired) electrons. The lowest BCUT2D eigenvalue weighted by molar-refractivity contribution is -0.116. The molecule has 8 nitrogen and oxygen atoms in total. The summed E-state index contributed by atoms with van der Waals surface area (Å²) in [6.45, 7) is 1.96. The molecule has 3 rings (SSSR count). The minimum absolute atomic E-state index is 0.0607. The molecule has 3 N–H and O–H groups in total. The number of aromatic nitrogens is 4. The van der Waals surface area contributed by atoms with Crippen molar-refractivity contribution < 1.29 is 14.0 Å². The number of fused-ring (bicyclic) bond motifs is 1. The van der Waals surface area contributed by atoms with Gasteiger partial charge in [0.2, 0.25) is 5.91 Å². The molecule has 0 bridgehead atoms. The lowest BCUT2D eigenvalue weighted by Crippen LogP contribution is -2.30. The summed E-state index contributed by atoms with van der Waals surface area (Å²) in [5, 5.41) is 18.9. The van der Waals surface area contributed by atoms with Crippen molar-refractivity contribution in [1.29, 1.82) is 0 Å². The smallest absolute Gasteiger partial charge is 0.254 e. The SMILES string of the molecule is CCC[C@H](NC(=O)c1cc2c(cc1F)NC(=O)CC2)c1nn[nH]n1. The molecule has 1 aromatic heterocycles. The number of nitrogens with one attached hydrogen (secondary N) is 3. The normalized spacial score (nSPS) is 14.7. The van der Waals surface area contributed by atoms with Crippen LogP contribution >= 0.6 is 0 Å². The van der Waals surface area contributed by atoms with Gasteiger partial charge in [0.1, 0.15) is 5.82 Å². The van der Waals surface area contributed by atoms with Crippen molar-refractivity contribution in [3.8, 4) is 0 Å². The number of anilines is 1. The van der Waals surface area contributed by atoms with E-state index in [2.05, 4.69) is 31.3 Å². The van der Waals surface area contributed by atoms with E-state index in [1.54, 1.807) is 0 Å². The zero-order valence-corrected chi connectivity index (χ0v) is 13.1. The average molecular weight is 332 g/mol. The highest BCUT2D eigenvalue weighted by Crippen LogP contribution is 2.26. The Balaban J connectivity index is 1.83. The van der Waals surface area contributed by atoms with Crippen molar-refractivity contribution in [2.24, 2.45) is 0 Å². The number of carbonyl (C=O) groups is 2. The number of benzene rings is 1. The van der Waals surface area contributed by atoms with Gasteiger partial charge in [0.05, 0.1) is 11.6 Å². The van der Waals surface area contributed by atoms with E-state index in [9.17, 15) is 14.0 Å². The van der Waals surface area contributed by atoms with Gasteiger partial charge in [-0.2, -0.15) is 5.21 Å². The van der Waals surface area contributed by atoms with Gasteiger partial charge in [0.15, 0.2) is 5.82 Å². The number of rotatable bonds is 5. The number of aryl methyl sites for hydroxylation is 1. The predicted molar refractivity (Wildman–Crippen MR) is 82.6 cm³/mol. The third-order valence-corrected chi connectivity index (χ3v) is 3.89. The van der Waals surface area contributed by atoms with E-state index in [-0.39, 0.29) is 11.5 Å². The Morgan fingerprint density at radius 2 is 2.25 bits per heavy atom. The molecule has 2 heterocycles. The van der Waals surface area contributed by atoms with Crippen LogP contribution in [0.4, 0.5) is 10.1 Å². The van der Waals surface area contributed by atoms with Gasteiger partial charge in [-0.05, 0) is 30.5 Å². The Hall–Kier alpha value is -2.84. The van der Waals surface area contributed by atoms with E-state index in [1.807, 2.05) is 6.92 Å². The van der Waals surface area contributed by atoms with Crippen molar-refractivity contribution in [2.45, 2.75) is 38.6 Å². The third kappa shape index (κ3) is 3.24. The molecule has 1 aliphatic heterocycles. The van der Waals surface area contributed by atoms with E-state index >= 15 is 0 Å². The minimum Gasteiger partial charge on any atom is -0.342 e. The number of hydrogen-bond donors (Lipinski definition) is 3. The predicted octanol–water partition coefficient (Wildman–Crippen LogP) is 1.49. The van der Waals surface area contributed by atoms with Crippen LogP contribution in [-0.2, 0) is 11.2 Å². The molecule has 1 aromatic carbocycles. The maximum atomic E-state index is 14.3. The molecule has 126 valence electrons. The van der Waals surface area contributed by atoms with Gasteiger partial charge in [-0.25, -0.2) is 4.39 Å². The monoisotopic (exact) mass is 332 g/mol. The summed E-state index contributed by atoms with van der Waals surface area (Å²) in [5.41, 5.74) is 1.10. The molecular formula is C15H17FN6O2. The van der Waals surface area contributed by atoms with Crippen molar-refractivity contribution >= 4 is 17.5 Å². The summed E-state index contributed by atoms with van der Waals surface area (Å²) in [7, 11) is 0. The molecule has 0 spiro atoms. The van der Waals surface area contributed by atoms with Gasteiger partial charge in [-0.1, -0.05) is 18.6 Å². The highest BCUT2D eigenvalue weighted by atomic mass is 19.1. The van der Waals surface area contributed by atoms with Crippen LogP contribution < -0.4 is 10.6 Å². The van der Waals surface area contributed by atoms with E-state index in [0.717, 1.165) is 12.0 Å². The molecule has 2 amide bonds. The van der Waals surface area contributed by atoms with Crippen molar-refractivity contribution in [2.75, 3.05) is 5.32 Å². The van der Waals surface area contributed by atoms with Crippen LogP contribution in [0, 0.1) is 5.82 Å². The summed E-state index contributed by atoms with van der Waals surface area (Å²) in [5.74, 6) is -1.03. The zero-order valence-electron chi connectivity index (χ0n) is 13.1. The third-order valence-electron chi connectivity index (χ3n) is 3.89. The van der Waals surface area contributed by atoms with Crippen LogP contribution in [0.25, 0.3) is 0 Å². The molecule has 0 fully saturated rings. The Kier molecular flexibility index (Phi) is 4.50. The van der Waals surface area contributed by atoms with E-state index in [0.29, 0.717) is 30.8 Å². The molecule has 0 saturated carbocycles. The molecule has 2 aromatic rings. The Morgan fingerprint density at radius 1 is 1.42 bits per heavy atom.